The summed E-state index contributed by atoms with van der Waals surface area (Å²) in [5.74, 6) is 0.361. The van der Waals surface area contributed by atoms with Gasteiger partial charge in [0.15, 0.2) is 5.16 Å². The maximum absolute atomic E-state index is 13.8. The Balaban J connectivity index is 1.54. The maximum Gasteiger partial charge on any atom is 0.267 e. The van der Waals surface area contributed by atoms with Crippen LogP contribution >= 0.6 is 23.1 Å². The Morgan fingerprint density at radius 1 is 1.00 bits per heavy atom. The number of carbonyl (C=O) groups is 2. The van der Waals surface area contributed by atoms with Crippen molar-refractivity contribution in [3.05, 3.63) is 79.9 Å². The lowest BCUT2D eigenvalue weighted by molar-refractivity contribution is 0.0664. The molecule has 0 unspecified atom stereocenters. The number of thiophene rings is 1. The summed E-state index contributed by atoms with van der Waals surface area (Å²) < 4.78 is 7.15. The van der Waals surface area contributed by atoms with Crippen LogP contribution in [0.15, 0.2) is 52.4 Å². The molecule has 35 heavy (non-hydrogen) atoms. The molecule has 0 fully saturated rings. The molecule has 0 saturated heterocycles. The van der Waals surface area contributed by atoms with Gasteiger partial charge in [-0.15, -0.1) is 11.3 Å². The number of methoxy groups -OCH3 is 1. The molecule has 0 aliphatic carbocycles. The molecule has 1 aliphatic rings. The van der Waals surface area contributed by atoms with E-state index >= 15 is 0 Å². The van der Waals surface area contributed by atoms with Gasteiger partial charge in [0.05, 0.1) is 29.3 Å². The summed E-state index contributed by atoms with van der Waals surface area (Å²) in [6, 6.07) is 12.5. The van der Waals surface area contributed by atoms with Gasteiger partial charge in [-0.1, -0.05) is 30.0 Å². The molecule has 5 rings (SSSR count). The maximum atomic E-state index is 13.8. The SMILES string of the molecule is COc1ccc(C)cc1-n1c(SCCN2C(=O)c3ccccc3C2=O)nc2sc(C)c(C)c2c1=O. The summed E-state index contributed by atoms with van der Waals surface area (Å²) in [5.41, 5.74) is 3.20. The van der Waals surface area contributed by atoms with Crippen molar-refractivity contribution in [1.29, 1.82) is 0 Å². The number of aryl methyl sites for hydroxylation is 3. The Morgan fingerprint density at radius 2 is 1.69 bits per heavy atom. The van der Waals surface area contributed by atoms with Gasteiger partial charge in [0.25, 0.3) is 17.4 Å². The number of rotatable bonds is 6. The molecule has 0 radical (unpaired) electrons. The van der Waals surface area contributed by atoms with E-state index in [-0.39, 0.29) is 23.9 Å². The molecule has 1 aliphatic heterocycles. The van der Waals surface area contributed by atoms with Crippen molar-refractivity contribution in [2.24, 2.45) is 0 Å². The fraction of sp³-hybridized carbons (Fsp3) is 0.231. The Kier molecular flexibility index (Phi) is 5.98. The first-order valence-corrected chi connectivity index (χ1v) is 12.9. The number of benzene rings is 2. The van der Waals surface area contributed by atoms with Crippen LogP contribution < -0.4 is 10.3 Å². The summed E-state index contributed by atoms with van der Waals surface area (Å²) in [4.78, 5) is 47.1. The van der Waals surface area contributed by atoms with Crippen LogP contribution in [0.1, 0.15) is 36.7 Å². The number of hydrogen-bond acceptors (Lipinski definition) is 7. The third-order valence-electron chi connectivity index (χ3n) is 6.17. The van der Waals surface area contributed by atoms with Crippen molar-refractivity contribution in [2.75, 3.05) is 19.4 Å². The molecule has 2 aromatic heterocycles. The second-order valence-electron chi connectivity index (χ2n) is 8.33. The number of ether oxygens (including phenoxy) is 1. The van der Waals surface area contributed by atoms with Crippen LogP contribution in [0.3, 0.4) is 0 Å². The van der Waals surface area contributed by atoms with Crippen LogP contribution in [0.2, 0.25) is 0 Å². The quantitative estimate of drug-likeness (QED) is 0.213. The van der Waals surface area contributed by atoms with Crippen molar-refractivity contribution < 1.29 is 14.3 Å². The van der Waals surface area contributed by atoms with E-state index in [0.717, 1.165) is 16.0 Å². The molecule has 0 saturated carbocycles. The normalized spacial score (nSPS) is 13.1. The summed E-state index contributed by atoms with van der Waals surface area (Å²) in [6.45, 7) is 6.07. The van der Waals surface area contributed by atoms with Crippen LogP contribution in [0.5, 0.6) is 5.75 Å². The van der Waals surface area contributed by atoms with Gasteiger partial charge in [0.2, 0.25) is 0 Å². The molecule has 9 heteroatoms. The Morgan fingerprint density at radius 3 is 2.34 bits per heavy atom. The highest BCUT2D eigenvalue weighted by Gasteiger charge is 2.34. The lowest BCUT2D eigenvalue weighted by atomic mass is 10.1. The second-order valence-corrected chi connectivity index (χ2v) is 10.6. The predicted molar refractivity (Wildman–Crippen MR) is 139 cm³/mol. The number of amides is 2. The Bertz CT molecular complexity index is 1540. The smallest absolute Gasteiger partial charge is 0.267 e. The second kappa shape index (κ2) is 8.98. The van der Waals surface area contributed by atoms with Crippen LogP contribution in [0.25, 0.3) is 15.9 Å². The van der Waals surface area contributed by atoms with Crippen molar-refractivity contribution in [3.8, 4) is 11.4 Å². The van der Waals surface area contributed by atoms with Crippen LogP contribution in [0.4, 0.5) is 0 Å². The largest absolute Gasteiger partial charge is 0.495 e. The standard InChI is InChI=1S/C26H23N3O4S2/c1-14-9-10-20(33-4)19(13-14)29-25(32)21-15(2)16(3)35-22(21)27-26(29)34-12-11-28-23(30)17-7-5-6-8-18(17)24(28)31/h5-10,13H,11-12H2,1-4H3. The van der Waals surface area contributed by atoms with Gasteiger partial charge in [-0.25, -0.2) is 4.98 Å². The topological polar surface area (TPSA) is 81.5 Å². The lowest BCUT2D eigenvalue weighted by Crippen LogP contribution is -2.32. The van der Waals surface area contributed by atoms with E-state index in [1.807, 2.05) is 39.0 Å². The molecule has 0 N–H and O–H groups in total. The van der Waals surface area contributed by atoms with Gasteiger partial charge in [-0.05, 0) is 56.2 Å². The number of thioether (sulfide) groups is 1. The van der Waals surface area contributed by atoms with Crippen LogP contribution in [-0.2, 0) is 0 Å². The highest BCUT2D eigenvalue weighted by atomic mass is 32.2. The monoisotopic (exact) mass is 505 g/mol. The Hall–Kier alpha value is -3.43. The summed E-state index contributed by atoms with van der Waals surface area (Å²) in [6.07, 6.45) is 0. The zero-order valence-corrected chi connectivity index (χ0v) is 21.4. The number of fused-ring (bicyclic) bond motifs is 2. The van der Waals surface area contributed by atoms with Gasteiger partial charge in [-0.3, -0.25) is 23.9 Å². The summed E-state index contributed by atoms with van der Waals surface area (Å²) in [5, 5.41) is 1.09. The van der Waals surface area contributed by atoms with E-state index in [9.17, 15) is 14.4 Å². The van der Waals surface area contributed by atoms with Gasteiger partial charge in [0, 0.05) is 17.2 Å². The molecule has 2 aromatic carbocycles. The van der Waals surface area contributed by atoms with Crippen molar-refractivity contribution >= 4 is 45.1 Å². The van der Waals surface area contributed by atoms with E-state index in [2.05, 4.69) is 0 Å². The van der Waals surface area contributed by atoms with E-state index in [1.165, 1.54) is 28.0 Å². The zero-order valence-electron chi connectivity index (χ0n) is 19.7. The molecule has 2 amide bonds. The van der Waals surface area contributed by atoms with Crippen molar-refractivity contribution in [3.63, 3.8) is 0 Å². The molecule has 0 spiro atoms. The molecule has 0 atom stereocenters. The number of carbonyl (C=O) groups excluding carboxylic acids is 2. The van der Waals surface area contributed by atoms with Gasteiger partial charge in [0.1, 0.15) is 10.6 Å². The molecular weight excluding hydrogens is 482 g/mol. The number of imide groups is 1. The summed E-state index contributed by atoms with van der Waals surface area (Å²) >= 11 is 2.83. The molecular formula is C26H23N3O4S2. The van der Waals surface area contributed by atoms with Crippen molar-refractivity contribution in [1.82, 2.24) is 14.5 Å². The third kappa shape index (κ3) is 3.84. The van der Waals surface area contributed by atoms with E-state index in [4.69, 9.17) is 9.72 Å². The fourth-order valence-electron chi connectivity index (χ4n) is 4.23. The predicted octanol–water partition coefficient (Wildman–Crippen LogP) is 4.77. The first-order chi connectivity index (χ1) is 16.8. The molecule has 4 aromatic rings. The minimum absolute atomic E-state index is 0.163. The molecule has 7 nitrogen and oxygen atoms in total. The first-order valence-electron chi connectivity index (χ1n) is 11.1. The van der Waals surface area contributed by atoms with Gasteiger partial charge in [-0.2, -0.15) is 0 Å². The van der Waals surface area contributed by atoms with Crippen LogP contribution in [-0.4, -0.2) is 45.7 Å². The highest BCUT2D eigenvalue weighted by Crippen LogP contribution is 2.32. The fourth-order valence-corrected chi connectivity index (χ4v) is 6.23. The number of aromatic nitrogens is 2. The first kappa shape index (κ1) is 23.3. The van der Waals surface area contributed by atoms with Gasteiger partial charge >= 0.3 is 0 Å². The zero-order chi connectivity index (χ0) is 24.9. The van der Waals surface area contributed by atoms with Gasteiger partial charge < -0.3 is 4.74 Å². The minimum Gasteiger partial charge on any atom is -0.495 e. The average molecular weight is 506 g/mol. The molecule has 3 heterocycles. The number of nitrogens with zero attached hydrogens (tertiary/aromatic N) is 3. The van der Waals surface area contributed by atoms with E-state index < -0.39 is 0 Å². The summed E-state index contributed by atoms with van der Waals surface area (Å²) in [7, 11) is 1.57. The highest BCUT2D eigenvalue weighted by molar-refractivity contribution is 7.99. The molecule has 178 valence electrons. The van der Waals surface area contributed by atoms with Crippen molar-refractivity contribution in [2.45, 2.75) is 25.9 Å². The van der Waals surface area contributed by atoms with E-state index in [0.29, 0.717) is 43.7 Å². The number of hydrogen-bond donors (Lipinski definition) is 0. The minimum atomic E-state index is -0.295. The average Bonchev–Trinajstić information content (AvgIpc) is 3.26. The Labute approximate surface area is 210 Å². The third-order valence-corrected chi connectivity index (χ3v) is 8.19. The lowest BCUT2D eigenvalue weighted by Gasteiger charge is -2.17. The molecule has 0 bridgehead atoms. The van der Waals surface area contributed by atoms with Crippen LogP contribution in [0, 0.1) is 20.8 Å². The van der Waals surface area contributed by atoms with E-state index in [1.54, 1.807) is 35.9 Å².